The lowest BCUT2D eigenvalue weighted by Gasteiger charge is -2.16. The molecule has 0 fully saturated rings. The lowest BCUT2D eigenvalue weighted by Crippen LogP contribution is -2.35. The number of hydrogen-bond donors (Lipinski definition) is 2. The zero-order valence-electron chi connectivity index (χ0n) is 9.23. The molecular weight excluding hydrogens is 224 g/mol. The van der Waals surface area contributed by atoms with Crippen molar-refractivity contribution in [2.75, 3.05) is 13.6 Å². The standard InChI is InChI=1S/C11H14N2O2S/c1-7-3-4-8(16)5-9(7)11(15)13(2)6-10(12)14/h3-5,16H,6H2,1-2H3,(H2,12,14). The van der Waals surface area contributed by atoms with E-state index in [4.69, 9.17) is 5.73 Å². The number of rotatable bonds is 3. The molecule has 0 saturated carbocycles. The SMILES string of the molecule is Cc1ccc(S)cc1C(=O)N(C)CC(N)=O. The van der Waals surface area contributed by atoms with Gasteiger partial charge in [-0.25, -0.2) is 0 Å². The summed E-state index contributed by atoms with van der Waals surface area (Å²) in [4.78, 5) is 24.6. The van der Waals surface area contributed by atoms with Gasteiger partial charge in [0.1, 0.15) is 0 Å². The van der Waals surface area contributed by atoms with Crippen molar-refractivity contribution >= 4 is 24.4 Å². The van der Waals surface area contributed by atoms with Crippen LogP contribution in [0.5, 0.6) is 0 Å². The van der Waals surface area contributed by atoms with Gasteiger partial charge in [-0.2, -0.15) is 0 Å². The Morgan fingerprint density at radius 1 is 1.44 bits per heavy atom. The van der Waals surface area contributed by atoms with E-state index in [0.29, 0.717) is 10.5 Å². The van der Waals surface area contributed by atoms with Crippen LogP contribution in [0, 0.1) is 6.92 Å². The minimum Gasteiger partial charge on any atom is -0.368 e. The highest BCUT2D eigenvalue weighted by atomic mass is 32.1. The zero-order valence-corrected chi connectivity index (χ0v) is 10.1. The summed E-state index contributed by atoms with van der Waals surface area (Å²) in [5.41, 5.74) is 6.41. The van der Waals surface area contributed by atoms with E-state index in [1.807, 2.05) is 19.1 Å². The van der Waals surface area contributed by atoms with Crippen molar-refractivity contribution in [2.45, 2.75) is 11.8 Å². The minimum absolute atomic E-state index is 0.0882. The molecule has 2 amide bonds. The maximum Gasteiger partial charge on any atom is 0.254 e. The lowest BCUT2D eigenvalue weighted by molar-refractivity contribution is -0.118. The van der Waals surface area contributed by atoms with Crippen molar-refractivity contribution in [1.82, 2.24) is 4.90 Å². The highest BCUT2D eigenvalue weighted by Crippen LogP contribution is 2.15. The van der Waals surface area contributed by atoms with E-state index in [1.54, 1.807) is 6.07 Å². The smallest absolute Gasteiger partial charge is 0.254 e. The van der Waals surface area contributed by atoms with Crippen LogP contribution >= 0.6 is 12.6 Å². The Morgan fingerprint density at radius 3 is 2.62 bits per heavy atom. The first kappa shape index (κ1) is 12.6. The van der Waals surface area contributed by atoms with Crippen molar-refractivity contribution in [3.8, 4) is 0 Å². The molecule has 1 aromatic rings. The molecule has 0 radical (unpaired) electrons. The van der Waals surface area contributed by atoms with E-state index in [-0.39, 0.29) is 12.5 Å². The van der Waals surface area contributed by atoms with E-state index in [2.05, 4.69) is 12.6 Å². The molecule has 0 aromatic heterocycles. The molecule has 0 saturated heterocycles. The Hall–Kier alpha value is -1.49. The van der Waals surface area contributed by atoms with E-state index in [9.17, 15) is 9.59 Å². The molecule has 1 aromatic carbocycles. The molecule has 4 nitrogen and oxygen atoms in total. The van der Waals surface area contributed by atoms with Gasteiger partial charge in [0.2, 0.25) is 5.91 Å². The Balaban J connectivity index is 2.95. The molecule has 0 aliphatic heterocycles. The van der Waals surface area contributed by atoms with Crippen LogP contribution < -0.4 is 5.73 Å². The van der Waals surface area contributed by atoms with Gasteiger partial charge in [-0.1, -0.05) is 6.07 Å². The molecule has 0 bridgehead atoms. The maximum absolute atomic E-state index is 11.9. The number of benzene rings is 1. The normalized spacial score (nSPS) is 9.94. The monoisotopic (exact) mass is 238 g/mol. The van der Waals surface area contributed by atoms with Crippen LogP contribution in [0.4, 0.5) is 0 Å². The molecule has 2 N–H and O–H groups in total. The quantitative estimate of drug-likeness (QED) is 0.766. The van der Waals surface area contributed by atoms with Crippen molar-refractivity contribution in [2.24, 2.45) is 5.73 Å². The average Bonchev–Trinajstić information content (AvgIpc) is 2.19. The average molecular weight is 238 g/mol. The first-order valence-electron chi connectivity index (χ1n) is 4.75. The van der Waals surface area contributed by atoms with Crippen molar-refractivity contribution in [3.05, 3.63) is 29.3 Å². The zero-order chi connectivity index (χ0) is 12.3. The molecule has 86 valence electrons. The second kappa shape index (κ2) is 5.03. The molecule has 0 atom stereocenters. The molecule has 0 spiro atoms. The Morgan fingerprint density at radius 2 is 2.06 bits per heavy atom. The molecular formula is C11H14N2O2S. The van der Waals surface area contributed by atoms with E-state index in [1.165, 1.54) is 11.9 Å². The number of carbonyl (C=O) groups is 2. The van der Waals surface area contributed by atoms with Crippen molar-refractivity contribution < 1.29 is 9.59 Å². The summed E-state index contributed by atoms with van der Waals surface area (Å²) in [6, 6.07) is 5.30. The van der Waals surface area contributed by atoms with Crippen LogP contribution in [-0.4, -0.2) is 30.3 Å². The molecule has 0 heterocycles. The summed E-state index contributed by atoms with van der Waals surface area (Å²) in [7, 11) is 1.54. The van der Waals surface area contributed by atoms with Crippen molar-refractivity contribution in [3.63, 3.8) is 0 Å². The molecule has 0 unspecified atom stereocenters. The Kier molecular flexibility index (Phi) is 3.95. The third-order valence-corrected chi connectivity index (χ3v) is 2.47. The number of nitrogens with two attached hydrogens (primary N) is 1. The summed E-state index contributed by atoms with van der Waals surface area (Å²) in [5, 5.41) is 0. The summed E-state index contributed by atoms with van der Waals surface area (Å²) < 4.78 is 0. The van der Waals surface area contributed by atoms with Crippen LogP contribution in [0.1, 0.15) is 15.9 Å². The number of carbonyl (C=O) groups excluding carboxylic acids is 2. The molecule has 16 heavy (non-hydrogen) atoms. The summed E-state index contributed by atoms with van der Waals surface area (Å²) in [5.74, 6) is -0.761. The topological polar surface area (TPSA) is 63.4 Å². The van der Waals surface area contributed by atoms with Crippen molar-refractivity contribution in [1.29, 1.82) is 0 Å². The number of thiol groups is 1. The third kappa shape index (κ3) is 3.00. The Bertz CT molecular complexity index is 432. The fraction of sp³-hybridized carbons (Fsp3) is 0.273. The first-order valence-corrected chi connectivity index (χ1v) is 5.20. The van der Waals surface area contributed by atoms with Gasteiger partial charge in [0.15, 0.2) is 0 Å². The van der Waals surface area contributed by atoms with Gasteiger partial charge in [-0.05, 0) is 24.6 Å². The second-order valence-corrected chi connectivity index (χ2v) is 4.14. The van der Waals surface area contributed by atoms with Crippen LogP contribution in [0.2, 0.25) is 0 Å². The van der Waals surface area contributed by atoms with Crippen LogP contribution in [0.25, 0.3) is 0 Å². The summed E-state index contributed by atoms with van der Waals surface area (Å²) in [6.45, 7) is 1.74. The van der Waals surface area contributed by atoms with Gasteiger partial charge < -0.3 is 10.6 Å². The highest BCUT2D eigenvalue weighted by Gasteiger charge is 2.15. The van der Waals surface area contributed by atoms with Gasteiger partial charge >= 0.3 is 0 Å². The van der Waals surface area contributed by atoms with Crippen LogP contribution in [0.15, 0.2) is 23.1 Å². The fourth-order valence-corrected chi connectivity index (χ4v) is 1.56. The fourth-order valence-electron chi connectivity index (χ4n) is 1.35. The van der Waals surface area contributed by atoms with Gasteiger partial charge in [0.25, 0.3) is 5.91 Å². The number of aryl methyl sites for hydroxylation is 1. The van der Waals surface area contributed by atoms with E-state index >= 15 is 0 Å². The molecule has 5 heteroatoms. The third-order valence-electron chi connectivity index (χ3n) is 2.19. The molecule has 1 rings (SSSR count). The molecule has 0 aliphatic rings. The first-order chi connectivity index (χ1) is 7.41. The van der Waals surface area contributed by atoms with E-state index in [0.717, 1.165) is 5.56 Å². The van der Waals surface area contributed by atoms with Crippen LogP contribution in [-0.2, 0) is 4.79 Å². The summed E-state index contributed by atoms with van der Waals surface area (Å²) in [6.07, 6.45) is 0. The number of hydrogen-bond acceptors (Lipinski definition) is 3. The molecule has 0 aliphatic carbocycles. The van der Waals surface area contributed by atoms with Gasteiger partial charge in [-0.3, -0.25) is 9.59 Å². The van der Waals surface area contributed by atoms with Gasteiger partial charge in [-0.15, -0.1) is 12.6 Å². The van der Waals surface area contributed by atoms with Gasteiger partial charge in [0.05, 0.1) is 6.54 Å². The van der Waals surface area contributed by atoms with E-state index < -0.39 is 5.91 Å². The number of nitrogens with zero attached hydrogens (tertiary/aromatic N) is 1. The predicted octanol–water partition coefficient (Wildman–Crippen LogP) is 0.841. The Labute approximate surface area is 99.8 Å². The van der Waals surface area contributed by atoms with Gasteiger partial charge in [0, 0.05) is 17.5 Å². The highest BCUT2D eigenvalue weighted by molar-refractivity contribution is 7.80. The van der Waals surface area contributed by atoms with Crippen LogP contribution in [0.3, 0.4) is 0 Å². The number of likely N-dealkylation sites (N-methyl/N-ethyl adjacent to an activating group) is 1. The largest absolute Gasteiger partial charge is 0.368 e. The maximum atomic E-state index is 11.9. The second-order valence-electron chi connectivity index (χ2n) is 3.63. The summed E-state index contributed by atoms with van der Waals surface area (Å²) >= 11 is 4.17. The predicted molar refractivity (Wildman–Crippen MR) is 64.6 cm³/mol. The lowest BCUT2D eigenvalue weighted by atomic mass is 10.1. The number of amides is 2. The minimum atomic E-state index is -0.532. The number of primary amides is 1.